The molecule has 1 rings (SSSR count). The molecule has 2 atom stereocenters. The molecule has 1 unspecified atom stereocenters. The van der Waals surface area contributed by atoms with Crippen molar-refractivity contribution in [2.45, 2.75) is 26.1 Å². The topological polar surface area (TPSA) is 56.6 Å². The number of aromatic nitrogens is 1. The SMILES string of the molecule is CC(O)CN(C)c1cc([C@@H](C)O)ccn1. The molecule has 0 aliphatic heterocycles. The molecular formula is C11H18N2O2. The molecule has 0 aliphatic carbocycles. The molecule has 0 saturated carbocycles. The van der Waals surface area contributed by atoms with Gasteiger partial charge in [0.1, 0.15) is 5.82 Å². The van der Waals surface area contributed by atoms with Crippen molar-refractivity contribution in [1.82, 2.24) is 4.98 Å². The maximum atomic E-state index is 9.42. The molecule has 0 amide bonds. The van der Waals surface area contributed by atoms with Gasteiger partial charge in [0.2, 0.25) is 0 Å². The number of pyridine rings is 1. The highest BCUT2D eigenvalue weighted by atomic mass is 16.3. The standard InChI is InChI=1S/C11H18N2O2/c1-8(14)7-13(3)11-6-10(9(2)15)4-5-12-11/h4-6,8-9,14-15H,7H2,1-3H3/t8?,9-/m1/s1. The van der Waals surface area contributed by atoms with Gasteiger partial charge in [-0.1, -0.05) is 0 Å². The van der Waals surface area contributed by atoms with E-state index in [-0.39, 0.29) is 0 Å². The summed E-state index contributed by atoms with van der Waals surface area (Å²) in [6.07, 6.45) is 0.773. The van der Waals surface area contributed by atoms with Gasteiger partial charge in [-0.15, -0.1) is 0 Å². The van der Waals surface area contributed by atoms with Gasteiger partial charge >= 0.3 is 0 Å². The van der Waals surface area contributed by atoms with Crippen LogP contribution >= 0.6 is 0 Å². The zero-order valence-corrected chi connectivity index (χ0v) is 9.38. The van der Waals surface area contributed by atoms with Gasteiger partial charge in [-0.2, -0.15) is 0 Å². The molecule has 1 aromatic rings. The predicted molar refractivity (Wildman–Crippen MR) is 59.8 cm³/mol. The summed E-state index contributed by atoms with van der Waals surface area (Å²) in [4.78, 5) is 6.04. The summed E-state index contributed by atoms with van der Waals surface area (Å²) < 4.78 is 0. The third kappa shape index (κ3) is 3.49. The molecular weight excluding hydrogens is 192 g/mol. The van der Waals surface area contributed by atoms with Crippen molar-refractivity contribution in [3.8, 4) is 0 Å². The minimum atomic E-state index is -0.494. The number of nitrogens with zero attached hydrogens (tertiary/aromatic N) is 2. The van der Waals surface area contributed by atoms with Crippen LogP contribution in [0.25, 0.3) is 0 Å². The van der Waals surface area contributed by atoms with Crippen molar-refractivity contribution in [3.05, 3.63) is 23.9 Å². The number of rotatable bonds is 4. The molecule has 2 N–H and O–H groups in total. The molecule has 1 heterocycles. The van der Waals surface area contributed by atoms with E-state index in [0.29, 0.717) is 6.54 Å². The fourth-order valence-corrected chi connectivity index (χ4v) is 1.39. The number of likely N-dealkylation sites (N-methyl/N-ethyl adjacent to an activating group) is 1. The first-order chi connectivity index (χ1) is 7.00. The van der Waals surface area contributed by atoms with E-state index in [0.717, 1.165) is 11.4 Å². The van der Waals surface area contributed by atoms with Crippen molar-refractivity contribution in [1.29, 1.82) is 0 Å². The Morgan fingerprint density at radius 2 is 2.07 bits per heavy atom. The van der Waals surface area contributed by atoms with E-state index in [1.807, 2.05) is 18.0 Å². The smallest absolute Gasteiger partial charge is 0.128 e. The Morgan fingerprint density at radius 3 is 2.60 bits per heavy atom. The minimum Gasteiger partial charge on any atom is -0.392 e. The highest BCUT2D eigenvalue weighted by molar-refractivity contribution is 5.40. The third-order valence-electron chi connectivity index (χ3n) is 2.18. The Hall–Kier alpha value is -1.13. The number of aliphatic hydroxyl groups excluding tert-OH is 2. The highest BCUT2D eigenvalue weighted by Gasteiger charge is 2.08. The van der Waals surface area contributed by atoms with Gasteiger partial charge in [-0.3, -0.25) is 0 Å². The largest absolute Gasteiger partial charge is 0.392 e. The lowest BCUT2D eigenvalue weighted by atomic mass is 10.1. The van der Waals surface area contributed by atoms with Crippen LogP contribution in [0.2, 0.25) is 0 Å². The number of anilines is 1. The maximum absolute atomic E-state index is 9.42. The normalized spacial score (nSPS) is 14.7. The van der Waals surface area contributed by atoms with Crippen LogP contribution in [0, 0.1) is 0 Å². The first kappa shape index (κ1) is 11.9. The lowest BCUT2D eigenvalue weighted by Crippen LogP contribution is -2.27. The van der Waals surface area contributed by atoms with Gasteiger partial charge in [0.15, 0.2) is 0 Å². The van der Waals surface area contributed by atoms with E-state index >= 15 is 0 Å². The van der Waals surface area contributed by atoms with Crippen molar-refractivity contribution in [2.24, 2.45) is 0 Å². The van der Waals surface area contributed by atoms with Crippen LogP contribution in [0.3, 0.4) is 0 Å². The zero-order chi connectivity index (χ0) is 11.4. The van der Waals surface area contributed by atoms with Gasteiger partial charge in [0.05, 0.1) is 12.2 Å². The molecule has 15 heavy (non-hydrogen) atoms. The van der Waals surface area contributed by atoms with Gasteiger partial charge in [-0.05, 0) is 31.5 Å². The highest BCUT2D eigenvalue weighted by Crippen LogP contribution is 2.16. The van der Waals surface area contributed by atoms with E-state index in [2.05, 4.69) is 4.98 Å². The molecule has 0 fully saturated rings. The summed E-state index contributed by atoms with van der Waals surface area (Å²) in [5, 5.41) is 18.7. The Balaban J connectivity index is 2.80. The second kappa shape index (κ2) is 5.09. The minimum absolute atomic E-state index is 0.396. The molecule has 4 nitrogen and oxygen atoms in total. The predicted octanol–water partition coefficient (Wildman–Crippen LogP) is 0.952. The van der Waals surface area contributed by atoms with Gasteiger partial charge in [-0.25, -0.2) is 4.98 Å². The lowest BCUT2D eigenvalue weighted by molar-refractivity contribution is 0.198. The van der Waals surface area contributed by atoms with Gasteiger partial charge in [0, 0.05) is 19.8 Å². The summed E-state index contributed by atoms with van der Waals surface area (Å²) in [5.41, 5.74) is 0.831. The summed E-state index contributed by atoms with van der Waals surface area (Å²) in [7, 11) is 1.86. The molecule has 0 radical (unpaired) electrons. The summed E-state index contributed by atoms with van der Waals surface area (Å²) in [5.74, 6) is 0.759. The van der Waals surface area contributed by atoms with E-state index < -0.39 is 12.2 Å². The fraction of sp³-hybridized carbons (Fsp3) is 0.545. The van der Waals surface area contributed by atoms with Gasteiger partial charge < -0.3 is 15.1 Å². The van der Waals surface area contributed by atoms with Crippen LogP contribution in [0.4, 0.5) is 5.82 Å². The molecule has 0 aromatic carbocycles. The third-order valence-corrected chi connectivity index (χ3v) is 2.18. The lowest BCUT2D eigenvalue weighted by Gasteiger charge is -2.20. The average molecular weight is 210 g/mol. The van der Waals surface area contributed by atoms with E-state index in [9.17, 15) is 10.2 Å². The fourth-order valence-electron chi connectivity index (χ4n) is 1.39. The second-order valence-electron chi connectivity index (χ2n) is 3.85. The van der Waals surface area contributed by atoms with E-state index in [4.69, 9.17) is 0 Å². The van der Waals surface area contributed by atoms with Crippen molar-refractivity contribution in [3.63, 3.8) is 0 Å². The molecule has 1 aromatic heterocycles. The summed E-state index contributed by atoms with van der Waals surface area (Å²) in [6, 6.07) is 3.61. The zero-order valence-electron chi connectivity index (χ0n) is 9.38. The molecule has 84 valence electrons. The first-order valence-corrected chi connectivity index (χ1v) is 5.04. The second-order valence-corrected chi connectivity index (χ2v) is 3.85. The molecule has 0 spiro atoms. The number of aliphatic hydroxyl groups is 2. The summed E-state index contributed by atoms with van der Waals surface area (Å²) in [6.45, 7) is 3.97. The number of hydrogen-bond acceptors (Lipinski definition) is 4. The summed E-state index contributed by atoms with van der Waals surface area (Å²) >= 11 is 0. The Labute approximate surface area is 90.2 Å². The Kier molecular flexibility index (Phi) is 4.05. The van der Waals surface area contributed by atoms with Crippen LogP contribution in [0.15, 0.2) is 18.3 Å². The monoisotopic (exact) mass is 210 g/mol. The van der Waals surface area contributed by atoms with Crippen molar-refractivity contribution < 1.29 is 10.2 Å². The van der Waals surface area contributed by atoms with Crippen molar-refractivity contribution >= 4 is 5.82 Å². The number of hydrogen-bond donors (Lipinski definition) is 2. The van der Waals surface area contributed by atoms with Crippen LogP contribution in [-0.4, -0.2) is 34.9 Å². The Bertz CT molecular complexity index is 313. The van der Waals surface area contributed by atoms with Crippen LogP contribution in [-0.2, 0) is 0 Å². The molecule has 4 heteroatoms. The molecule has 0 saturated heterocycles. The van der Waals surface area contributed by atoms with Crippen LogP contribution < -0.4 is 4.90 Å². The van der Waals surface area contributed by atoms with E-state index in [1.165, 1.54) is 0 Å². The van der Waals surface area contributed by atoms with Crippen molar-refractivity contribution in [2.75, 3.05) is 18.5 Å². The maximum Gasteiger partial charge on any atom is 0.128 e. The average Bonchev–Trinajstić information content (AvgIpc) is 2.17. The van der Waals surface area contributed by atoms with Crippen LogP contribution in [0.1, 0.15) is 25.5 Å². The first-order valence-electron chi connectivity index (χ1n) is 5.04. The van der Waals surface area contributed by atoms with Gasteiger partial charge in [0.25, 0.3) is 0 Å². The Morgan fingerprint density at radius 1 is 1.40 bits per heavy atom. The van der Waals surface area contributed by atoms with Crippen LogP contribution in [0.5, 0.6) is 0 Å². The molecule has 0 aliphatic rings. The quantitative estimate of drug-likeness (QED) is 0.777. The molecule has 0 bridgehead atoms. The van der Waals surface area contributed by atoms with E-state index in [1.54, 1.807) is 26.1 Å².